The average Bonchev–Trinajstić information content (AvgIpc) is 2.37. The molecule has 0 spiro atoms. The third-order valence-corrected chi connectivity index (χ3v) is 3.76. The van der Waals surface area contributed by atoms with Gasteiger partial charge < -0.3 is 0 Å². The fourth-order valence-electron chi connectivity index (χ4n) is 2.35. The molecule has 0 aliphatic carbocycles. The van der Waals surface area contributed by atoms with E-state index in [4.69, 9.17) is 11.6 Å². The summed E-state index contributed by atoms with van der Waals surface area (Å²) in [6, 6.07) is 13.1. The molecule has 2 heteroatoms. The Balaban J connectivity index is 2.03. The van der Waals surface area contributed by atoms with Gasteiger partial charge in [-0.2, -0.15) is 0 Å². The number of benzene rings is 2. The van der Waals surface area contributed by atoms with Gasteiger partial charge in [-0.15, -0.1) is 0 Å². The molecule has 0 aliphatic rings. The summed E-state index contributed by atoms with van der Waals surface area (Å²) >= 11 is 6.02. The molecule has 1 atom stereocenters. The van der Waals surface area contributed by atoms with E-state index in [1.165, 1.54) is 11.6 Å². The average molecular weight is 277 g/mol. The Morgan fingerprint density at radius 2 is 1.84 bits per heavy atom. The summed E-state index contributed by atoms with van der Waals surface area (Å²) in [5, 5.41) is 0.797. The molecule has 0 N–H and O–H groups in total. The lowest BCUT2D eigenvalue weighted by Gasteiger charge is -2.13. The first kappa shape index (κ1) is 14.1. The monoisotopic (exact) mass is 276 g/mol. The van der Waals surface area contributed by atoms with Crippen molar-refractivity contribution in [3.8, 4) is 0 Å². The number of halogens is 2. The van der Waals surface area contributed by atoms with Crippen LogP contribution >= 0.6 is 11.6 Å². The van der Waals surface area contributed by atoms with Crippen LogP contribution in [0, 0.1) is 18.7 Å². The SMILES string of the molecule is Cc1cc(CC(C)Cc2ccccc2F)ccc1Cl. The smallest absolute Gasteiger partial charge is 0.126 e. The van der Waals surface area contributed by atoms with Gasteiger partial charge in [0.1, 0.15) is 5.82 Å². The van der Waals surface area contributed by atoms with Crippen LogP contribution in [0.3, 0.4) is 0 Å². The van der Waals surface area contributed by atoms with Crippen LogP contribution in [-0.4, -0.2) is 0 Å². The summed E-state index contributed by atoms with van der Waals surface area (Å²) in [4.78, 5) is 0. The Bertz CT molecular complexity index is 563. The zero-order valence-corrected chi connectivity index (χ0v) is 12.0. The Morgan fingerprint density at radius 1 is 1.11 bits per heavy atom. The molecule has 0 bridgehead atoms. The van der Waals surface area contributed by atoms with Crippen LogP contribution < -0.4 is 0 Å². The van der Waals surface area contributed by atoms with E-state index >= 15 is 0 Å². The van der Waals surface area contributed by atoms with E-state index < -0.39 is 0 Å². The molecule has 2 aromatic carbocycles. The van der Waals surface area contributed by atoms with Gasteiger partial charge in [-0.05, 0) is 54.5 Å². The zero-order valence-electron chi connectivity index (χ0n) is 11.3. The molecule has 0 amide bonds. The molecular weight excluding hydrogens is 259 g/mol. The van der Waals surface area contributed by atoms with Crippen molar-refractivity contribution in [1.29, 1.82) is 0 Å². The summed E-state index contributed by atoms with van der Waals surface area (Å²) in [7, 11) is 0. The van der Waals surface area contributed by atoms with Gasteiger partial charge in [-0.3, -0.25) is 0 Å². The van der Waals surface area contributed by atoms with Crippen molar-refractivity contribution in [2.24, 2.45) is 5.92 Å². The Labute approximate surface area is 119 Å². The summed E-state index contributed by atoms with van der Waals surface area (Å²) in [6.45, 7) is 4.16. The van der Waals surface area contributed by atoms with Crippen molar-refractivity contribution >= 4 is 11.6 Å². The van der Waals surface area contributed by atoms with Crippen LogP contribution in [0.25, 0.3) is 0 Å². The first-order chi connectivity index (χ1) is 9.06. The maximum atomic E-state index is 13.6. The van der Waals surface area contributed by atoms with Crippen molar-refractivity contribution in [1.82, 2.24) is 0 Å². The molecule has 0 saturated heterocycles. The topological polar surface area (TPSA) is 0 Å². The van der Waals surface area contributed by atoms with Crippen LogP contribution in [0.1, 0.15) is 23.6 Å². The summed E-state index contributed by atoms with van der Waals surface area (Å²) < 4.78 is 13.6. The molecule has 19 heavy (non-hydrogen) atoms. The molecule has 0 saturated carbocycles. The fourth-order valence-corrected chi connectivity index (χ4v) is 2.47. The molecule has 0 aliphatic heterocycles. The molecule has 2 rings (SSSR count). The number of hydrogen-bond donors (Lipinski definition) is 0. The van der Waals surface area contributed by atoms with E-state index in [0.29, 0.717) is 5.92 Å². The third kappa shape index (κ3) is 3.81. The minimum Gasteiger partial charge on any atom is -0.207 e. The molecule has 2 aromatic rings. The second kappa shape index (κ2) is 6.21. The van der Waals surface area contributed by atoms with E-state index in [0.717, 1.165) is 29.0 Å². The largest absolute Gasteiger partial charge is 0.207 e. The Morgan fingerprint density at radius 3 is 2.53 bits per heavy atom. The number of rotatable bonds is 4. The van der Waals surface area contributed by atoms with Crippen molar-refractivity contribution in [3.63, 3.8) is 0 Å². The quantitative estimate of drug-likeness (QED) is 0.719. The van der Waals surface area contributed by atoms with Crippen molar-refractivity contribution in [3.05, 3.63) is 70.0 Å². The van der Waals surface area contributed by atoms with Crippen molar-refractivity contribution < 1.29 is 4.39 Å². The minimum absolute atomic E-state index is 0.110. The highest BCUT2D eigenvalue weighted by atomic mass is 35.5. The van der Waals surface area contributed by atoms with Gasteiger partial charge in [0, 0.05) is 5.02 Å². The van der Waals surface area contributed by atoms with Gasteiger partial charge in [0.25, 0.3) is 0 Å². The third-order valence-electron chi connectivity index (χ3n) is 3.33. The first-order valence-corrected chi connectivity index (χ1v) is 6.92. The summed E-state index contributed by atoms with van der Waals surface area (Å²) in [6.07, 6.45) is 1.70. The normalized spacial score (nSPS) is 12.4. The van der Waals surface area contributed by atoms with E-state index in [1.807, 2.05) is 31.2 Å². The van der Waals surface area contributed by atoms with Gasteiger partial charge in [0.15, 0.2) is 0 Å². The molecule has 1 unspecified atom stereocenters. The lowest BCUT2D eigenvalue weighted by Crippen LogP contribution is -2.05. The summed E-state index contributed by atoms with van der Waals surface area (Å²) in [5.74, 6) is 0.291. The number of aryl methyl sites for hydroxylation is 1. The highest BCUT2D eigenvalue weighted by molar-refractivity contribution is 6.31. The maximum Gasteiger partial charge on any atom is 0.126 e. The highest BCUT2D eigenvalue weighted by Gasteiger charge is 2.09. The molecule has 0 radical (unpaired) electrons. The standard InChI is InChI=1S/C17H18ClF/c1-12(10-15-5-3-4-6-17(15)19)9-14-7-8-16(18)13(2)11-14/h3-8,11-12H,9-10H2,1-2H3. The minimum atomic E-state index is -0.110. The molecular formula is C17H18ClF. The van der Waals surface area contributed by atoms with Gasteiger partial charge in [0.2, 0.25) is 0 Å². The fraction of sp³-hybridized carbons (Fsp3) is 0.294. The highest BCUT2D eigenvalue weighted by Crippen LogP contribution is 2.20. The van der Waals surface area contributed by atoms with E-state index in [2.05, 4.69) is 13.0 Å². The van der Waals surface area contributed by atoms with Gasteiger partial charge in [-0.1, -0.05) is 48.9 Å². The lowest BCUT2D eigenvalue weighted by atomic mass is 9.93. The number of hydrogen-bond acceptors (Lipinski definition) is 0. The Hall–Kier alpha value is -1.34. The first-order valence-electron chi connectivity index (χ1n) is 6.54. The molecule has 0 heterocycles. The second-order valence-electron chi connectivity index (χ2n) is 5.19. The predicted octanol–water partition coefficient (Wildman–Crippen LogP) is 5.21. The second-order valence-corrected chi connectivity index (χ2v) is 5.60. The van der Waals surface area contributed by atoms with Gasteiger partial charge >= 0.3 is 0 Å². The summed E-state index contributed by atoms with van der Waals surface area (Å²) in [5.41, 5.74) is 3.14. The molecule has 0 nitrogen and oxygen atoms in total. The lowest BCUT2D eigenvalue weighted by molar-refractivity contribution is 0.542. The van der Waals surface area contributed by atoms with E-state index in [-0.39, 0.29) is 5.82 Å². The van der Waals surface area contributed by atoms with Crippen LogP contribution in [0.15, 0.2) is 42.5 Å². The van der Waals surface area contributed by atoms with E-state index in [9.17, 15) is 4.39 Å². The molecule has 0 aromatic heterocycles. The van der Waals surface area contributed by atoms with Crippen LogP contribution in [0.2, 0.25) is 5.02 Å². The van der Waals surface area contributed by atoms with Crippen LogP contribution in [0.5, 0.6) is 0 Å². The van der Waals surface area contributed by atoms with E-state index in [1.54, 1.807) is 6.07 Å². The van der Waals surface area contributed by atoms with Crippen molar-refractivity contribution in [2.75, 3.05) is 0 Å². The Kier molecular flexibility index (Phi) is 4.60. The maximum absolute atomic E-state index is 13.6. The van der Waals surface area contributed by atoms with Crippen LogP contribution in [-0.2, 0) is 12.8 Å². The van der Waals surface area contributed by atoms with Gasteiger partial charge in [-0.25, -0.2) is 4.39 Å². The van der Waals surface area contributed by atoms with Crippen LogP contribution in [0.4, 0.5) is 4.39 Å². The predicted molar refractivity (Wildman–Crippen MR) is 79.2 cm³/mol. The molecule has 0 fully saturated rings. The van der Waals surface area contributed by atoms with Crippen molar-refractivity contribution in [2.45, 2.75) is 26.7 Å². The molecule has 100 valence electrons. The zero-order chi connectivity index (χ0) is 13.8. The van der Waals surface area contributed by atoms with Gasteiger partial charge in [0.05, 0.1) is 0 Å².